The molecule has 5 nitrogen and oxygen atoms in total. The molecule has 0 unspecified atom stereocenters. The lowest BCUT2D eigenvalue weighted by Gasteiger charge is -2.04. The van der Waals surface area contributed by atoms with E-state index in [9.17, 15) is 9.18 Å². The number of hydrogen-bond donors (Lipinski definition) is 1. The smallest absolute Gasteiger partial charge is 0.325 e. The summed E-state index contributed by atoms with van der Waals surface area (Å²) in [5.74, 6) is -1.49. The fourth-order valence-corrected chi connectivity index (χ4v) is 1.38. The maximum absolute atomic E-state index is 13.5. The van der Waals surface area contributed by atoms with E-state index in [2.05, 4.69) is 10.3 Å². The molecular formula is C10H8FN3O2. The van der Waals surface area contributed by atoms with Crippen LogP contribution in [-0.2, 0) is 11.3 Å². The minimum absolute atomic E-state index is 0.286. The standard InChI is InChI=1S/C10H8FN3O2/c11-8-4-2-1-3-7(8)9-5-12-13-14(9)6-10(15)16/h1-5H,6H2,(H,15,16). The topological polar surface area (TPSA) is 68.0 Å². The highest BCUT2D eigenvalue weighted by atomic mass is 19.1. The molecule has 2 aromatic rings. The fourth-order valence-electron chi connectivity index (χ4n) is 1.38. The van der Waals surface area contributed by atoms with Crippen LogP contribution in [0.2, 0.25) is 0 Å². The summed E-state index contributed by atoms with van der Waals surface area (Å²) >= 11 is 0. The van der Waals surface area contributed by atoms with E-state index >= 15 is 0 Å². The highest BCUT2D eigenvalue weighted by Gasteiger charge is 2.12. The highest BCUT2D eigenvalue weighted by Crippen LogP contribution is 2.20. The van der Waals surface area contributed by atoms with E-state index in [1.54, 1.807) is 18.2 Å². The molecule has 0 aliphatic heterocycles. The Kier molecular flexibility index (Phi) is 2.63. The quantitative estimate of drug-likeness (QED) is 0.844. The average Bonchev–Trinajstić information content (AvgIpc) is 2.66. The molecule has 0 saturated heterocycles. The molecule has 0 aliphatic carbocycles. The lowest BCUT2D eigenvalue weighted by Crippen LogP contribution is -2.11. The van der Waals surface area contributed by atoms with Gasteiger partial charge in [-0.1, -0.05) is 17.3 Å². The number of aromatic nitrogens is 3. The summed E-state index contributed by atoms with van der Waals surface area (Å²) in [6.07, 6.45) is 1.33. The van der Waals surface area contributed by atoms with Crippen LogP contribution in [0.4, 0.5) is 4.39 Å². The average molecular weight is 221 g/mol. The van der Waals surface area contributed by atoms with Crippen LogP contribution in [0.1, 0.15) is 0 Å². The van der Waals surface area contributed by atoms with Crippen molar-refractivity contribution in [1.29, 1.82) is 0 Å². The number of nitrogens with zero attached hydrogens (tertiary/aromatic N) is 3. The maximum atomic E-state index is 13.5. The molecule has 0 fully saturated rings. The third kappa shape index (κ3) is 1.90. The highest BCUT2D eigenvalue weighted by molar-refractivity contribution is 5.68. The summed E-state index contributed by atoms with van der Waals surface area (Å²) in [6, 6.07) is 6.07. The Morgan fingerprint density at radius 3 is 2.88 bits per heavy atom. The normalized spacial score (nSPS) is 10.3. The molecule has 0 radical (unpaired) electrons. The Morgan fingerprint density at radius 1 is 1.44 bits per heavy atom. The van der Waals surface area contributed by atoms with E-state index in [0.717, 1.165) is 4.68 Å². The van der Waals surface area contributed by atoms with Crippen LogP contribution in [0.5, 0.6) is 0 Å². The summed E-state index contributed by atoms with van der Waals surface area (Å²) in [4.78, 5) is 10.6. The second-order valence-electron chi connectivity index (χ2n) is 3.15. The van der Waals surface area contributed by atoms with Gasteiger partial charge in [0.05, 0.1) is 11.9 Å². The van der Waals surface area contributed by atoms with E-state index < -0.39 is 11.8 Å². The minimum atomic E-state index is -1.05. The van der Waals surface area contributed by atoms with Crippen molar-refractivity contribution in [2.45, 2.75) is 6.54 Å². The second kappa shape index (κ2) is 4.09. The molecule has 0 atom stereocenters. The number of hydrogen-bond acceptors (Lipinski definition) is 3. The Labute approximate surface area is 90.1 Å². The first-order chi connectivity index (χ1) is 7.68. The molecule has 0 amide bonds. The fraction of sp³-hybridized carbons (Fsp3) is 0.100. The van der Waals surface area contributed by atoms with E-state index in [1.165, 1.54) is 12.3 Å². The molecule has 0 aliphatic rings. The van der Waals surface area contributed by atoms with Crippen LogP contribution in [0, 0.1) is 5.82 Å². The number of carbonyl (C=O) groups is 1. The Morgan fingerprint density at radius 2 is 2.19 bits per heavy atom. The molecule has 6 heteroatoms. The van der Waals surface area contributed by atoms with Crippen LogP contribution < -0.4 is 0 Å². The van der Waals surface area contributed by atoms with Crippen LogP contribution in [0.15, 0.2) is 30.5 Å². The third-order valence-electron chi connectivity index (χ3n) is 2.05. The molecule has 1 N–H and O–H groups in total. The second-order valence-corrected chi connectivity index (χ2v) is 3.15. The third-order valence-corrected chi connectivity index (χ3v) is 2.05. The summed E-state index contributed by atoms with van der Waals surface area (Å²) in [6.45, 7) is -0.344. The molecule has 2 rings (SSSR count). The summed E-state index contributed by atoms with van der Waals surface area (Å²) in [7, 11) is 0. The van der Waals surface area contributed by atoms with Crippen molar-refractivity contribution >= 4 is 5.97 Å². The van der Waals surface area contributed by atoms with Gasteiger partial charge in [-0.25, -0.2) is 9.07 Å². The summed E-state index contributed by atoms with van der Waals surface area (Å²) < 4.78 is 14.6. The first-order valence-electron chi connectivity index (χ1n) is 4.53. The lowest BCUT2D eigenvalue weighted by atomic mass is 10.1. The number of benzene rings is 1. The van der Waals surface area contributed by atoms with Gasteiger partial charge < -0.3 is 5.11 Å². The molecular weight excluding hydrogens is 213 g/mol. The maximum Gasteiger partial charge on any atom is 0.325 e. The number of halogens is 1. The van der Waals surface area contributed by atoms with Crippen LogP contribution in [-0.4, -0.2) is 26.1 Å². The Bertz CT molecular complexity index is 524. The molecule has 0 spiro atoms. The van der Waals surface area contributed by atoms with Crippen LogP contribution in [0.3, 0.4) is 0 Å². The van der Waals surface area contributed by atoms with Crippen molar-refractivity contribution in [3.05, 3.63) is 36.3 Å². The van der Waals surface area contributed by atoms with Gasteiger partial charge >= 0.3 is 5.97 Å². The van der Waals surface area contributed by atoms with Crippen molar-refractivity contribution in [1.82, 2.24) is 15.0 Å². The van der Waals surface area contributed by atoms with Gasteiger partial charge in [-0.3, -0.25) is 4.79 Å². The predicted molar refractivity (Wildman–Crippen MR) is 53.1 cm³/mol. The molecule has 16 heavy (non-hydrogen) atoms. The molecule has 0 bridgehead atoms. The number of carboxylic acid groups (broad SMARTS) is 1. The van der Waals surface area contributed by atoms with Gasteiger partial charge in [0, 0.05) is 5.56 Å². The van der Waals surface area contributed by atoms with E-state index in [-0.39, 0.29) is 12.1 Å². The molecule has 1 heterocycles. The van der Waals surface area contributed by atoms with E-state index in [4.69, 9.17) is 5.11 Å². The first-order valence-corrected chi connectivity index (χ1v) is 4.53. The summed E-state index contributed by atoms with van der Waals surface area (Å²) in [5, 5.41) is 15.8. The zero-order valence-electron chi connectivity index (χ0n) is 8.17. The Balaban J connectivity index is 2.45. The van der Waals surface area contributed by atoms with Gasteiger partial charge in [0.1, 0.15) is 12.4 Å². The molecule has 1 aromatic carbocycles. The van der Waals surface area contributed by atoms with Gasteiger partial charge in [0.15, 0.2) is 0 Å². The van der Waals surface area contributed by atoms with Crippen LogP contribution in [0.25, 0.3) is 11.3 Å². The molecule has 82 valence electrons. The van der Waals surface area contributed by atoms with Crippen molar-refractivity contribution < 1.29 is 14.3 Å². The molecule has 0 saturated carbocycles. The van der Waals surface area contributed by atoms with E-state index in [0.29, 0.717) is 5.69 Å². The first kappa shape index (κ1) is 10.3. The Hall–Kier alpha value is -2.24. The van der Waals surface area contributed by atoms with Gasteiger partial charge in [-0.05, 0) is 12.1 Å². The van der Waals surface area contributed by atoms with Crippen LogP contribution >= 0.6 is 0 Å². The SMILES string of the molecule is O=C(O)Cn1nncc1-c1ccccc1F. The van der Waals surface area contributed by atoms with E-state index in [1.807, 2.05) is 0 Å². The molecule has 1 aromatic heterocycles. The van der Waals surface area contributed by atoms with Crippen molar-refractivity contribution in [2.75, 3.05) is 0 Å². The number of rotatable bonds is 3. The van der Waals surface area contributed by atoms with Gasteiger partial charge in [0.25, 0.3) is 0 Å². The van der Waals surface area contributed by atoms with Crippen molar-refractivity contribution in [3.8, 4) is 11.3 Å². The predicted octanol–water partition coefficient (Wildman–Crippen LogP) is 1.17. The van der Waals surface area contributed by atoms with Gasteiger partial charge in [-0.2, -0.15) is 0 Å². The van der Waals surface area contributed by atoms with Crippen molar-refractivity contribution in [3.63, 3.8) is 0 Å². The zero-order chi connectivity index (χ0) is 11.5. The zero-order valence-corrected chi connectivity index (χ0v) is 8.17. The number of carboxylic acids is 1. The summed E-state index contributed by atoms with van der Waals surface area (Å²) in [5.41, 5.74) is 0.634. The van der Waals surface area contributed by atoms with Gasteiger partial charge in [-0.15, -0.1) is 5.10 Å². The minimum Gasteiger partial charge on any atom is -0.480 e. The number of aliphatic carboxylic acids is 1. The largest absolute Gasteiger partial charge is 0.480 e. The van der Waals surface area contributed by atoms with Gasteiger partial charge in [0.2, 0.25) is 0 Å². The van der Waals surface area contributed by atoms with Crippen molar-refractivity contribution in [2.24, 2.45) is 0 Å². The monoisotopic (exact) mass is 221 g/mol. The lowest BCUT2D eigenvalue weighted by molar-refractivity contribution is -0.137.